The van der Waals surface area contributed by atoms with Crippen molar-refractivity contribution in [2.45, 2.75) is 20.8 Å². The molecule has 0 amide bonds. The fourth-order valence-corrected chi connectivity index (χ4v) is 1.08. The summed E-state index contributed by atoms with van der Waals surface area (Å²) in [5.74, 6) is 1.19. The molecular formula is C7H13N3O3. The van der Waals surface area contributed by atoms with Crippen LogP contribution in [-0.2, 0) is 0 Å². The average Bonchev–Trinajstić information content (AvgIpc) is 2.28. The number of aliphatic imine (C=N–C) groups is 1. The van der Waals surface area contributed by atoms with E-state index in [1.807, 2.05) is 6.92 Å². The minimum atomic E-state index is -1.75. The third-order valence-corrected chi connectivity index (χ3v) is 1.57. The van der Waals surface area contributed by atoms with Gasteiger partial charge >= 0.3 is 0 Å². The molecule has 1 aliphatic rings. The Labute approximate surface area is 76.3 Å². The van der Waals surface area contributed by atoms with Gasteiger partial charge in [-0.15, -0.1) is 0 Å². The van der Waals surface area contributed by atoms with Gasteiger partial charge in [0.15, 0.2) is 0 Å². The van der Waals surface area contributed by atoms with Crippen LogP contribution < -0.4 is 4.90 Å². The van der Waals surface area contributed by atoms with Crippen molar-refractivity contribution in [3.05, 3.63) is 27.2 Å². The Morgan fingerprint density at radius 2 is 2.00 bits per heavy atom. The Bertz CT molecular complexity index is 243. The fourth-order valence-electron chi connectivity index (χ4n) is 1.08. The summed E-state index contributed by atoms with van der Waals surface area (Å²) in [5, 5.41) is 14.8. The first-order valence-corrected chi connectivity index (χ1v) is 3.88. The smallest absolute Gasteiger partial charge is 0.202 e. The minimum absolute atomic E-state index is 1.10. The lowest BCUT2D eigenvalue weighted by atomic mass is 10.5. The third kappa shape index (κ3) is 4.91. The zero-order valence-electron chi connectivity index (χ0n) is 7.90. The van der Waals surface area contributed by atoms with E-state index in [0.717, 1.165) is 12.2 Å². The van der Waals surface area contributed by atoms with Crippen molar-refractivity contribution >= 4 is 5.84 Å². The lowest BCUT2D eigenvalue weighted by Crippen LogP contribution is -3.08. The van der Waals surface area contributed by atoms with Crippen LogP contribution in [0.5, 0.6) is 0 Å². The first-order chi connectivity index (χ1) is 5.97. The topological polar surface area (TPSA) is 83.0 Å². The largest absolute Gasteiger partial charge is 0.356 e. The van der Waals surface area contributed by atoms with Gasteiger partial charge < -0.3 is 15.3 Å². The van der Waals surface area contributed by atoms with Gasteiger partial charge in [-0.1, -0.05) is 0 Å². The van der Waals surface area contributed by atoms with Crippen molar-refractivity contribution in [1.29, 1.82) is 0 Å². The molecule has 0 aromatic heterocycles. The van der Waals surface area contributed by atoms with Gasteiger partial charge in [0.05, 0.1) is 17.3 Å². The van der Waals surface area contributed by atoms with E-state index in [9.17, 15) is 0 Å². The molecule has 6 nitrogen and oxygen atoms in total. The van der Waals surface area contributed by atoms with Gasteiger partial charge in [-0.2, -0.15) is 0 Å². The Morgan fingerprint density at radius 1 is 1.54 bits per heavy atom. The minimum Gasteiger partial charge on any atom is -0.356 e. The maximum atomic E-state index is 8.25. The number of nitrogens with zero attached hydrogens (tertiary/aromatic N) is 2. The Morgan fingerprint density at radius 3 is 2.15 bits per heavy atom. The lowest BCUT2D eigenvalue weighted by Gasteiger charge is -2.03. The van der Waals surface area contributed by atoms with Gasteiger partial charge in [-0.25, -0.2) is 4.99 Å². The molecule has 0 bridgehead atoms. The molecule has 0 saturated heterocycles. The predicted octanol–water partition coefficient (Wildman–Crippen LogP) is -0.0546. The van der Waals surface area contributed by atoms with Crippen molar-refractivity contribution in [3.8, 4) is 0 Å². The second-order valence-electron chi connectivity index (χ2n) is 2.59. The SMILES string of the molecule is CC[NH+]1C=C(C)N=C1C.O=[N+]([O-])[O-]. The van der Waals surface area contributed by atoms with Gasteiger partial charge in [0.2, 0.25) is 5.84 Å². The van der Waals surface area contributed by atoms with Crippen LogP contribution >= 0.6 is 0 Å². The van der Waals surface area contributed by atoms with Crippen molar-refractivity contribution in [1.82, 2.24) is 0 Å². The maximum absolute atomic E-state index is 8.25. The van der Waals surface area contributed by atoms with Gasteiger partial charge in [0.1, 0.15) is 6.20 Å². The van der Waals surface area contributed by atoms with Crippen LogP contribution in [0.25, 0.3) is 0 Å². The number of rotatable bonds is 1. The zero-order chi connectivity index (χ0) is 10.4. The van der Waals surface area contributed by atoms with Gasteiger partial charge in [0.25, 0.3) is 0 Å². The number of quaternary nitrogens is 1. The van der Waals surface area contributed by atoms with Gasteiger partial charge in [-0.05, 0) is 13.8 Å². The molecule has 0 fully saturated rings. The van der Waals surface area contributed by atoms with E-state index < -0.39 is 5.09 Å². The number of amidine groups is 1. The van der Waals surface area contributed by atoms with Crippen LogP contribution in [0, 0.1) is 15.3 Å². The summed E-state index contributed by atoms with van der Waals surface area (Å²) in [7, 11) is 0. The summed E-state index contributed by atoms with van der Waals surface area (Å²) < 4.78 is 0. The van der Waals surface area contributed by atoms with E-state index in [1.165, 1.54) is 10.7 Å². The van der Waals surface area contributed by atoms with Crippen molar-refractivity contribution in [3.63, 3.8) is 0 Å². The zero-order valence-corrected chi connectivity index (χ0v) is 7.90. The summed E-state index contributed by atoms with van der Waals surface area (Å²) in [4.78, 5) is 13.9. The van der Waals surface area contributed by atoms with Crippen molar-refractivity contribution in [2.75, 3.05) is 6.54 Å². The van der Waals surface area contributed by atoms with E-state index in [-0.39, 0.29) is 0 Å². The summed E-state index contributed by atoms with van der Waals surface area (Å²) in [5.41, 5.74) is 1.14. The van der Waals surface area contributed by atoms with E-state index in [2.05, 4.69) is 25.0 Å². The number of hydrogen-bond acceptors (Lipinski definition) is 4. The summed E-state index contributed by atoms with van der Waals surface area (Å²) in [6, 6.07) is 0. The molecule has 1 atom stereocenters. The van der Waals surface area contributed by atoms with Crippen molar-refractivity contribution < 1.29 is 9.99 Å². The average molecular weight is 187 g/mol. The molecule has 1 heterocycles. The normalized spacial score (nSPS) is 19.8. The fraction of sp³-hybridized carbons (Fsp3) is 0.571. The highest BCUT2D eigenvalue weighted by Gasteiger charge is 2.13. The molecule has 0 saturated carbocycles. The predicted molar refractivity (Wildman–Crippen MR) is 48.7 cm³/mol. The second kappa shape index (κ2) is 5.26. The number of nitrogens with one attached hydrogen (secondary N) is 1. The first kappa shape index (κ1) is 11.6. The van der Waals surface area contributed by atoms with Crippen LogP contribution in [0.15, 0.2) is 16.9 Å². The highest BCUT2D eigenvalue weighted by molar-refractivity contribution is 5.73. The standard InChI is InChI=1S/C7H12N2.NO3/c1-4-9-5-6(2)8-7(9)3;2-1(3)4/h5H,4H2,1-3H3;/q;-1/p+1. The molecule has 6 heteroatoms. The van der Waals surface area contributed by atoms with Gasteiger partial charge in [0, 0.05) is 6.92 Å². The molecule has 1 rings (SSSR count). The number of hydrogen-bond donors (Lipinski definition) is 1. The first-order valence-electron chi connectivity index (χ1n) is 3.88. The van der Waals surface area contributed by atoms with Crippen LogP contribution in [0.1, 0.15) is 20.8 Å². The van der Waals surface area contributed by atoms with Crippen LogP contribution in [0.3, 0.4) is 0 Å². The molecule has 13 heavy (non-hydrogen) atoms. The molecule has 1 unspecified atom stereocenters. The Hall–Kier alpha value is -1.43. The number of allylic oxidation sites excluding steroid dienone is 1. The summed E-state index contributed by atoms with van der Waals surface area (Å²) in [6.45, 7) is 7.36. The quantitative estimate of drug-likeness (QED) is 0.461. The van der Waals surface area contributed by atoms with Crippen LogP contribution in [0.2, 0.25) is 0 Å². The highest BCUT2D eigenvalue weighted by atomic mass is 16.9. The molecular weight excluding hydrogens is 174 g/mol. The van der Waals surface area contributed by atoms with Gasteiger partial charge in [-0.3, -0.25) is 4.90 Å². The monoisotopic (exact) mass is 187 g/mol. The van der Waals surface area contributed by atoms with Crippen molar-refractivity contribution in [2.24, 2.45) is 4.99 Å². The molecule has 0 aliphatic carbocycles. The Balaban J connectivity index is 0.000000310. The molecule has 1 N–H and O–H groups in total. The van der Waals surface area contributed by atoms with E-state index in [1.54, 1.807) is 0 Å². The van der Waals surface area contributed by atoms with E-state index in [4.69, 9.17) is 15.3 Å². The maximum Gasteiger partial charge on any atom is 0.202 e. The highest BCUT2D eigenvalue weighted by Crippen LogP contribution is 1.94. The second-order valence-corrected chi connectivity index (χ2v) is 2.59. The molecule has 0 spiro atoms. The summed E-state index contributed by atoms with van der Waals surface area (Å²) in [6.07, 6.45) is 2.15. The molecule has 74 valence electrons. The van der Waals surface area contributed by atoms with E-state index >= 15 is 0 Å². The molecule has 0 radical (unpaired) electrons. The van der Waals surface area contributed by atoms with E-state index in [0.29, 0.717) is 0 Å². The molecule has 0 aromatic carbocycles. The molecule has 1 aliphatic heterocycles. The summed E-state index contributed by atoms with van der Waals surface area (Å²) >= 11 is 0. The molecule has 0 aromatic rings. The van der Waals surface area contributed by atoms with Crippen LogP contribution in [-0.4, -0.2) is 17.5 Å². The van der Waals surface area contributed by atoms with Crippen LogP contribution in [0.4, 0.5) is 0 Å². The third-order valence-electron chi connectivity index (χ3n) is 1.57. The Kier molecular flexibility index (Phi) is 4.68. The lowest BCUT2D eigenvalue weighted by molar-refractivity contribution is -0.742.